The third kappa shape index (κ3) is 3.59. The minimum Gasteiger partial charge on any atom is -0.494 e. The number of hydrogen-bond acceptors (Lipinski definition) is 4. The van der Waals surface area contributed by atoms with Crippen LogP contribution in [-0.4, -0.2) is 22.8 Å². The summed E-state index contributed by atoms with van der Waals surface area (Å²) in [4.78, 5) is 24.4. The zero-order chi connectivity index (χ0) is 18.7. The third-order valence-corrected chi connectivity index (χ3v) is 3.52. The van der Waals surface area contributed by atoms with Gasteiger partial charge in [0.05, 0.1) is 18.5 Å². The molecule has 0 radical (unpaired) electrons. The number of nitrogens with zero attached hydrogens (tertiary/aromatic N) is 2. The van der Waals surface area contributed by atoms with E-state index < -0.39 is 23.1 Å². The van der Waals surface area contributed by atoms with Gasteiger partial charge in [-0.15, -0.1) is 0 Å². The van der Waals surface area contributed by atoms with Crippen LogP contribution in [0, 0.1) is 11.6 Å². The molecule has 2 aromatic carbocycles. The van der Waals surface area contributed by atoms with Crippen molar-refractivity contribution in [3.05, 3.63) is 82.3 Å². The summed E-state index contributed by atoms with van der Waals surface area (Å²) in [6.45, 7) is 0. The molecule has 0 aliphatic carbocycles. The molecule has 0 bridgehead atoms. The Hall–Kier alpha value is -3.55. The molecule has 0 aliphatic heterocycles. The first-order valence-corrected chi connectivity index (χ1v) is 7.49. The zero-order valence-electron chi connectivity index (χ0n) is 13.6. The average Bonchev–Trinajstić information content (AvgIpc) is 2.64. The summed E-state index contributed by atoms with van der Waals surface area (Å²) < 4.78 is 32.3. The fourth-order valence-corrected chi connectivity index (χ4v) is 2.25. The smallest absolute Gasteiger partial charge is 0.276 e. The van der Waals surface area contributed by atoms with E-state index in [1.54, 1.807) is 0 Å². The topological polar surface area (TPSA) is 73.2 Å². The van der Waals surface area contributed by atoms with Crippen LogP contribution in [0.15, 0.2) is 59.4 Å². The van der Waals surface area contributed by atoms with Crippen molar-refractivity contribution in [3.8, 4) is 11.4 Å². The molecule has 1 N–H and O–H groups in total. The molecule has 132 valence electrons. The van der Waals surface area contributed by atoms with Gasteiger partial charge in [-0.3, -0.25) is 9.59 Å². The summed E-state index contributed by atoms with van der Waals surface area (Å²) in [5.74, 6) is -1.45. The van der Waals surface area contributed by atoms with Gasteiger partial charge in [0, 0.05) is 12.1 Å². The molecule has 0 unspecified atom stereocenters. The van der Waals surface area contributed by atoms with Crippen LogP contribution in [0.5, 0.6) is 5.75 Å². The Morgan fingerprint density at radius 2 is 1.73 bits per heavy atom. The number of rotatable bonds is 4. The first-order chi connectivity index (χ1) is 12.5. The number of carbonyl (C=O) groups is 1. The van der Waals surface area contributed by atoms with Crippen LogP contribution in [0.4, 0.5) is 14.5 Å². The van der Waals surface area contributed by atoms with Gasteiger partial charge in [-0.2, -0.15) is 9.78 Å². The SMILES string of the molecule is COc1cc(F)ccc1NC(=O)c1ccc(=O)n(-c2ccc(F)cc2)n1. The second-order valence-electron chi connectivity index (χ2n) is 5.24. The molecule has 0 spiro atoms. The van der Waals surface area contributed by atoms with Crippen molar-refractivity contribution in [2.45, 2.75) is 0 Å². The molecular weight excluding hydrogens is 344 g/mol. The van der Waals surface area contributed by atoms with Crippen molar-refractivity contribution in [2.24, 2.45) is 0 Å². The van der Waals surface area contributed by atoms with E-state index in [0.29, 0.717) is 5.69 Å². The number of amides is 1. The highest BCUT2D eigenvalue weighted by molar-refractivity contribution is 6.03. The lowest BCUT2D eigenvalue weighted by atomic mass is 10.2. The Morgan fingerprint density at radius 1 is 1.04 bits per heavy atom. The summed E-state index contributed by atoms with van der Waals surface area (Å²) in [6.07, 6.45) is 0. The molecular formula is C18H13F2N3O3. The van der Waals surface area contributed by atoms with Gasteiger partial charge in [-0.05, 0) is 42.5 Å². The Kier molecular flexibility index (Phi) is 4.74. The summed E-state index contributed by atoms with van der Waals surface area (Å²) >= 11 is 0. The largest absolute Gasteiger partial charge is 0.494 e. The number of anilines is 1. The van der Waals surface area contributed by atoms with Gasteiger partial charge in [0.25, 0.3) is 11.5 Å². The predicted molar refractivity (Wildman–Crippen MR) is 90.7 cm³/mol. The van der Waals surface area contributed by atoms with Crippen LogP contribution >= 0.6 is 0 Å². The molecule has 1 heterocycles. The van der Waals surface area contributed by atoms with Gasteiger partial charge in [0.1, 0.15) is 23.1 Å². The molecule has 1 amide bonds. The zero-order valence-corrected chi connectivity index (χ0v) is 13.6. The molecule has 3 rings (SSSR count). The number of benzene rings is 2. The van der Waals surface area contributed by atoms with Crippen LogP contribution in [0.3, 0.4) is 0 Å². The van der Waals surface area contributed by atoms with Crippen molar-refractivity contribution in [3.63, 3.8) is 0 Å². The van der Waals surface area contributed by atoms with Crippen molar-refractivity contribution in [1.82, 2.24) is 9.78 Å². The molecule has 26 heavy (non-hydrogen) atoms. The number of hydrogen-bond donors (Lipinski definition) is 1. The molecule has 0 saturated carbocycles. The predicted octanol–water partition coefficient (Wildman–Crippen LogP) is 2.77. The summed E-state index contributed by atoms with van der Waals surface area (Å²) in [5.41, 5.74) is 0.0264. The fourth-order valence-electron chi connectivity index (χ4n) is 2.25. The average molecular weight is 357 g/mol. The minimum absolute atomic E-state index is 0.0553. The van der Waals surface area contributed by atoms with Crippen molar-refractivity contribution in [2.75, 3.05) is 12.4 Å². The van der Waals surface area contributed by atoms with E-state index in [9.17, 15) is 18.4 Å². The summed E-state index contributed by atoms with van der Waals surface area (Å²) in [6, 6.07) is 11.2. The van der Waals surface area contributed by atoms with E-state index >= 15 is 0 Å². The Bertz CT molecular complexity index is 1020. The Labute approximate surface area is 146 Å². The maximum atomic E-state index is 13.2. The second kappa shape index (κ2) is 7.14. The van der Waals surface area contributed by atoms with E-state index in [4.69, 9.17) is 4.74 Å². The summed E-state index contributed by atoms with van der Waals surface area (Å²) in [7, 11) is 1.34. The molecule has 3 aromatic rings. The lowest BCUT2D eigenvalue weighted by Gasteiger charge is -2.11. The molecule has 6 nitrogen and oxygen atoms in total. The number of aromatic nitrogens is 2. The summed E-state index contributed by atoms with van der Waals surface area (Å²) in [5, 5.41) is 6.54. The maximum Gasteiger partial charge on any atom is 0.276 e. The van der Waals surface area contributed by atoms with Gasteiger partial charge in [-0.1, -0.05) is 0 Å². The highest BCUT2D eigenvalue weighted by atomic mass is 19.1. The van der Waals surface area contributed by atoms with Gasteiger partial charge in [0.2, 0.25) is 0 Å². The quantitative estimate of drug-likeness (QED) is 0.779. The van der Waals surface area contributed by atoms with E-state index in [0.717, 1.165) is 10.7 Å². The normalized spacial score (nSPS) is 10.4. The van der Waals surface area contributed by atoms with Crippen LogP contribution < -0.4 is 15.6 Å². The number of halogens is 2. The molecule has 0 aliphatic rings. The van der Waals surface area contributed by atoms with Gasteiger partial charge in [-0.25, -0.2) is 8.78 Å². The molecule has 0 fully saturated rings. The maximum absolute atomic E-state index is 13.2. The van der Waals surface area contributed by atoms with Crippen molar-refractivity contribution < 1.29 is 18.3 Å². The number of ether oxygens (including phenoxy) is 1. The van der Waals surface area contributed by atoms with E-state index in [2.05, 4.69) is 10.4 Å². The Balaban J connectivity index is 1.92. The monoisotopic (exact) mass is 357 g/mol. The fraction of sp³-hybridized carbons (Fsp3) is 0.0556. The molecule has 8 heteroatoms. The lowest BCUT2D eigenvalue weighted by Crippen LogP contribution is -2.25. The van der Waals surface area contributed by atoms with Crippen LogP contribution in [-0.2, 0) is 0 Å². The van der Waals surface area contributed by atoms with E-state index in [1.165, 1.54) is 55.6 Å². The molecule has 0 atom stereocenters. The van der Waals surface area contributed by atoms with Gasteiger partial charge in [0.15, 0.2) is 0 Å². The van der Waals surface area contributed by atoms with E-state index in [1.807, 2.05) is 0 Å². The van der Waals surface area contributed by atoms with Crippen LogP contribution in [0.2, 0.25) is 0 Å². The number of methoxy groups -OCH3 is 1. The first kappa shape index (κ1) is 17.3. The van der Waals surface area contributed by atoms with Crippen LogP contribution in [0.25, 0.3) is 5.69 Å². The highest BCUT2D eigenvalue weighted by Gasteiger charge is 2.14. The number of nitrogens with one attached hydrogen (secondary N) is 1. The van der Waals surface area contributed by atoms with Gasteiger partial charge >= 0.3 is 0 Å². The van der Waals surface area contributed by atoms with Crippen molar-refractivity contribution >= 4 is 11.6 Å². The highest BCUT2D eigenvalue weighted by Crippen LogP contribution is 2.25. The van der Waals surface area contributed by atoms with E-state index in [-0.39, 0.29) is 17.1 Å². The standard InChI is InChI=1S/C18H13F2N3O3/c1-26-16-10-12(20)4-7-14(16)21-18(25)15-8-9-17(24)23(22-15)13-5-2-11(19)3-6-13/h2-10H,1H3,(H,21,25). The first-order valence-electron chi connectivity index (χ1n) is 7.49. The third-order valence-electron chi connectivity index (χ3n) is 3.52. The van der Waals surface area contributed by atoms with Crippen LogP contribution in [0.1, 0.15) is 10.5 Å². The Morgan fingerprint density at radius 3 is 2.42 bits per heavy atom. The van der Waals surface area contributed by atoms with Crippen molar-refractivity contribution in [1.29, 1.82) is 0 Å². The second-order valence-corrected chi connectivity index (χ2v) is 5.24. The number of carbonyl (C=O) groups excluding carboxylic acids is 1. The lowest BCUT2D eigenvalue weighted by molar-refractivity contribution is 0.102. The van der Waals surface area contributed by atoms with Gasteiger partial charge < -0.3 is 10.1 Å². The minimum atomic E-state index is -0.620. The molecule has 0 saturated heterocycles. The molecule has 1 aromatic heterocycles.